The van der Waals surface area contributed by atoms with Crippen LogP contribution in [-0.2, 0) is 0 Å². The van der Waals surface area contributed by atoms with Crippen LogP contribution in [0.1, 0.15) is 49.4 Å². The molecule has 3 aliphatic rings. The van der Waals surface area contributed by atoms with Crippen LogP contribution < -0.4 is 14.4 Å². The number of likely N-dealkylation sites (tertiary alicyclic amines) is 1. The van der Waals surface area contributed by atoms with E-state index in [1.165, 1.54) is 25.8 Å². The minimum Gasteiger partial charge on any atom is -0.454 e. The van der Waals surface area contributed by atoms with Gasteiger partial charge < -0.3 is 19.3 Å². The maximum absolute atomic E-state index is 13.4. The van der Waals surface area contributed by atoms with Crippen molar-refractivity contribution < 1.29 is 19.2 Å². The molecule has 1 unspecified atom stereocenters. The minimum atomic E-state index is 0.130. The molecule has 0 aromatic heterocycles. The average molecular weight is 372 g/mol. The van der Waals surface area contributed by atoms with E-state index in [-0.39, 0.29) is 12.7 Å². The van der Waals surface area contributed by atoms with Crippen molar-refractivity contribution in [2.75, 3.05) is 33.0 Å². The Bertz CT molecular complexity index is 703. The SMILES string of the molecule is CC[NH+]1CCC[C@@H]1CN(C[C@H]1CC=CCC1)C(=O)c1ccc2c(c1)OCO2. The molecule has 0 spiro atoms. The summed E-state index contributed by atoms with van der Waals surface area (Å²) in [5.41, 5.74) is 0.710. The van der Waals surface area contributed by atoms with Gasteiger partial charge in [-0.15, -0.1) is 0 Å². The summed E-state index contributed by atoms with van der Waals surface area (Å²) in [4.78, 5) is 17.2. The zero-order valence-electron chi connectivity index (χ0n) is 16.3. The first-order valence-corrected chi connectivity index (χ1v) is 10.4. The van der Waals surface area contributed by atoms with E-state index >= 15 is 0 Å². The highest BCUT2D eigenvalue weighted by Crippen LogP contribution is 2.33. The van der Waals surface area contributed by atoms with Crippen molar-refractivity contribution in [3.8, 4) is 11.5 Å². The van der Waals surface area contributed by atoms with Gasteiger partial charge in [-0.05, 0) is 50.3 Å². The number of rotatable bonds is 6. The zero-order valence-corrected chi connectivity index (χ0v) is 16.3. The van der Waals surface area contributed by atoms with E-state index < -0.39 is 0 Å². The number of hydrogen-bond acceptors (Lipinski definition) is 3. The molecule has 146 valence electrons. The molecule has 0 saturated carbocycles. The van der Waals surface area contributed by atoms with Crippen molar-refractivity contribution in [1.29, 1.82) is 0 Å². The van der Waals surface area contributed by atoms with Crippen LogP contribution in [0.15, 0.2) is 30.4 Å². The predicted molar refractivity (Wildman–Crippen MR) is 104 cm³/mol. The fourth-order valence-electron chi connectivity index (χ4n) is 4.72. The van der Waals surface area contributed by atoms with Crippen molar-refractivity contribution in [3.63, 3.8) is 0 Å². The Kier molecular flexibility index (Phi) is 5.67. The topological polar surface area (TPSA) is 43.2 Å². The lowest BCUT2D eigenvalue weighted by atomic mass is 9.93. The molecular formula is C22H31N2O3+. The van der Waals surface area contributed by atoms with Crippen molar-refractivity contribution in [2.45, 2.75) is 45.1 Å². The number of ether oxygens (including phenoxy) is 2. The van der Waals surface area contributed by atoms with Gasteiger partial charge in [0.1, 0.15) is 6.04 Å². The maximum Gasteiger partial charge on any atom is 0.254 e. The summed E-state index contributed by atoms with van der Waals surface area (Å²) in [7, 11) is 0. The summed E-state index contributed by atoms with van der Waals surface area (Å²) < 4.78 is 10.9. The molecule has 2 heterocycles. The van der Waals surface area contributed by atoms with Crippen LogP contribution >= 0.6 is 0 Å². The molecule has 0 radical (unpaired) electrons. The molecular weight excluding hydrogens is 340 g/mol. The zero-order chi connectivity index (χ0) is 18.6. The van der Waals surface area contributed by atoms with Crippen LogP contribution in [0.4, 0.5) is 0 Å². The third-order valence-electron chi connectivity index (χ3n) is 6.29. The molecule has 1 aromatic rings. The van der Waals surface area contributed by atoms with Gasteiger partial charge in [0.2, 0.25) is 6.79 Å². The second-order valence-corrected chi connectivity index (χ2v) is 8.03. The lowest BCUT2D eigenvalue weighted by molar-refractivity contribution is -0.909. The number of likely N-dealkylation sites (N-methyl/N-ethyl adjacent to an activating group) is 1. The first-order chi connectivity index (χ1) is 13.2. The Morgan fingerprint density at radius 3 is 2.89 bits per heavy atom. The highest BCUT2D eigenvalue weighted by molar-refractivity contribution is 5.95. The van der Waals surface area contributed by atoms with E-state index in [0.717, 1.165) is 38.2 Å². The first-order valence-electron chi connectivity index (χ1n) is 10.4. The van der Waals surface area contributed by atoms with E-state index in [1.807, 2.05) is 18.2 Å². The molecule has 3 atom stereocenters. The van der Waals surface area contributed by atoms with Crippen LogP contribution in [0.5, 0.6) is 11.5 Å². The highest BCUT2D eigenvalue weighted by Gasteiger charge is 2.32. The van der Waals surface area contributed by atoms with Crippen molar-refractivity contribution in [2.24, 2.45) is 5.92 Å². The monoisotopic (exact) mass is 371 g/mol. The Hall–Kier alpha value is -2.01. The van der Waals surface area contributed by atoms with Gasteiger partial charge in [-0.1, -0.05) is 12.2 Å². The molecule has 1 saturated heterocycles. The quantitative estimate of drug-likeness (QED) is 0.781. The second kappa shape index (κ2) is 8.34. The largest absolute Gasteiger partial charge is 0.454 e. The number of allylic oxidation sites excluding steroid dienone is 2. The van der Waals surface area contributed by atoms with Crippen LogP contribution in [0.2, 0.25) is 0 Å². The fraction of sp³-hybridized carbons (Fsp3) is 0.591. The average Bonchev–Trinajstić information content (AvgIpc) is 3.36. The van der Waals surface area contributed by atoms with E-state index in [1.54, 1.807) is 4.90 Å². The summed E-state index contributed by atoms with van der Waals surface area (Å²) in [6.07, 6.45) is 10.4. The Morgan fingerprint density at radius 2 is 2.07 bits per heavy atom. The molecule has 0 bridgehead atoms. The number of nitrogens with zero attached hydrogens (tertiary/aromatic N) is 1. The molecule has 2 aliphatic heterocycles. The number of fused-ring (bicyclic) bond motifs is 1. The number of nitrogens with one attached hydrogen (secondary N) is 1. The van der Waals surface area contributed by atoms with Gasteiger partial charge >= 0.3 is 0 Å². The Balaban J connectivity index is 1.52. The molecule has 1 fully saturated rings. The number of hydrogen-bond donors (Lipinski definition) is 1. The Labute approximate surface area is 161 Å². The summed E-state index contributed by atoms with van der Waals surface area (Å²) in [6.45, 7) is 6.58. The molecule has 5 heteroatoms. The number of benzene rings is 1. The number of carbonyl (C=O) groups is 1. The van der Waals surface area contributed by atoms with Crippen LogP contribution in [0, 0.1) is 5.92 Å². The van der Waals surface area contributed by atoms with Crippen molar-refractivity contribution in [3.05, 3.63) is 35.9 Å². The third-order valence-corrected chi connectivity index (χ3v) is 6.29. The van der Waals surface area contributed by atoms with Crippen LogP contribution in [0.25, 0.3) is 0 Å². The van der Waals surface area contributed by atoms with E-state index in [9.17, 15) is 4.79 Å². The molecule has 1 N–H and O–H groups in total. The second-order valence-electron chi connectivity index (χ2n) is 8.03. The molecule has 5 nitrogen and oxygen atoms in total. The fourth-order valence-corrected chi connectivity index (χ4v) is 4.72. The molecule has 1 aromatic carbocycles. The minimum absolute atomic E-state index is 0.130. The summed E-state index contributed by atoms with van der Waals surface area (Å²) in [5, 5.41) is 0. The van der Waals surface area contributed by atoms with Gasteiger partial charge in [-0.3, -0.25) is 4.79 Å². The van der Waals surface area contributed by atoms with Crippen molar-refractivity contribution >= 4 is 5.91 Å². The third kappa shape index (κ3) is 4.13. The molecule has 27 heavy (non-hydrogen) atoms. The van der Waals surface area contributed by atoms with Gasteiger partial charge in [0, 0.05) is 24.9 Å². The number of quaternary nitrogens is 1. The van der Waals surface area contributed by atoms with Gasteiger partial charge in [0.05, 0.1) is 19.6 Å². The van der Waals surface area contributed by atoms with Crippen LogP contribution in [0.3, 0.4) is 0 Å². The van der Waals surface area contributed by atoms with E-state index in [2.05, 4.69) is 24.0 Å². The van der Waals surface area contributed by atoms with Crippen molar-refractivity contribution in [1.82, 2.24) is 4.90 Å². The van der Waals surface area contributed by atoms with E-state index in [0.29, 0.717) is 23.3 Å². The lowest BCUT2D eigenvalue weighted by Gasteiger charge is -2.32. The highest BCUT2D eigenvalue weighted by atomic mass is 16.7. The smallest absolute Gasteiger partial charge is 0.254 e. The molecule has 4 rings (SSSR count). The Morgan fingerprint density at radius 1 is 1.19 bits per heavy atom. The lowest BCUT2D eigenvalue weighted by Crippen LogP contribution is -3.14. The summed E-state index contributed by atoms with van der Waals surface area (Å²) in [6, 6.07) is 6.14. The standard InChI is InChI=1S/C22H30N2O3/c1-2-23-12-6-9-19(23)15-24(14-17-7-4-3-5-8-17)22(25)18-10-11-20-21(13-18)27-16-26-20/h3-4,10-11,13,17,19H,2,5-9,12,14-16H2,1H3/p+1/t17-,19+/m0/s1. The molecule has 1 amide bonds. The summed E-state index contributed by atoms with van der Waals surface area (Å²) >= 11 is 0. The normalized spacial score (nSPS) is 26.3. The van der Waals surface area contributed by atoms with Crippen LogP contribution in [-0.4, -0.2) is 49.8 Å². The van der Waals surface area contributed by atoms with Gasteiger partial charge in [-0.2, -0.15) is 0 Å². The van der Waals surface area contributed by atoms with Gasteiger partial charge in [-0.25, -0.2) is 0 Å². The van der Waals surface area contributed by atoms with Gasteiger partial charge in [0.15, 0.2) is 11.5 Å². The van der Waals surface area contributed by atoms with Gasteiger partial charge in [0.25, 0.3) is 5.91 Å². The maximum atomic E-state index is 13.4. The summed E-state index contributed by atoms with van der Waals surface area (Å²) in [5.74, 6) is 2.11. The number of carbonyl (C=O) groups excluding carboxylic acids is 1. The molecule has 1 aliphatic carbocycles. The van der Waals surface area contributed by atoms with E-state index in [4.69, 9.17) is 9.47 Å². The predicted octanol–water partition coefficient (Wildman–Crippen LogP) is 2.28. The first kappa shape index (κ1) is 18.4. The number of amides is 1.